The van der Waals surface area contributed by atoms with Crippen molar-refractivity contribution < 1.29 is 22.8 Å². The maximum absolute atomic E-state index is 13.7. The Hall–Kier alpha value is -3.44. The van der Waals surface area contributed by atoms with E-state index in [-0.39, 0.29) is 34.3 Å². The fourth-order valence-corrected chi connectivity index (χ4v) is 3.08. The van der Waals surface area contributed by atoms with Crippen LogP contribution in [0.1, 0.15) is 73.9 Å². The fraction of sp³-hybridized carbons (Fsp3) is 0.500. The van der Waals surface area contributed by atoms with Crippen LogP contribution in [0.2, 0.25) is 0 Å². The molecule has 3 aromatic heterocycles. The van der Waals surface area contributed by atoms with Gasteiger partial charge in [-0.2, -0.15) is 23.4 Å². The monoisotopic (exact) mass is 479 g/mol. The van der Waals surface area contributed by atoms with Gasteiger partial charge in [0, 0.05) is 30.8 Å². The van der Waals surface area contributed by atoms with E-state index in [1.54, 1.807) is 20.8 Å². The summed E-state index contributed by atoms with van der Waals surface area (Å²) in [4.78, 5) is 29.7. The summed E-state index contributed by atoms with van der Waals surface area (Å²) in [6.07, 6.45) is -3.22. The summed E-state index contributed by atoms with van der Waals surface area (Å²) in [6, 6.07) is 2.12. The van der Waals surface area contributed by atoms with Crippen molar-refractivity contribution >= 4 is 23.1 Å². The topological polar surface area (TPSA) is 106 Å². The molecule has 3 heterocycles. The Kier molecular flexibility index (Phi) is 6.72. The van der Waals surface area contributed by atoms with Gasteiger partial charge in [0.15, 0.2) is 17.0 Å². The number of anilines is 1. The second-order valence-electron chi connectivity index (χ2n) is 9.38. The number of carbonyl (C=O) groups excluding carboxylic acids is 2. The van der Waals surface area contributed by atoms with Gasteiger partial charge in [-0.3, -0.25) is 14.3 Å². The first-order valence-electron chi connectivity index (χ1n) is 10.9. The average Bonchev–Trinajstić information content (AvgIpc) is 3.33. The van der Waals surface area contributed by atoms with Crippen LogP contribution in [0.15, 0.2) is 18.3 Å². The Morgan fingerprint density at radius 1 is 1.09 bits per heavy atom. The highest BCUT2D eigenvalue weighted by molar-refractivity contribution is 6.07. The van der Waals surface area contributed by atoms with Gasteiger partial charge in [0.1, 0.15) is 5.69 Å². The molecule has 0 unspecified atom stereocenters. The Balaban J connectivity index is 1.98. The van der Waals surface area contributed by atoms with Gasteiger partial charge in [-0.05, 0) is 18.9 Å². The first-order chi connectivity index (χ1) is 15.7. The van der Waals surface area contributed by atoms with E-state index in [0.717, 1.165) is 6.07 Å². The van der Waals surface area contributed by atoms with E-state index in [2.05, 4.69) is 25.8 Å². The smallest absolute Gasteiger partial charge is 0.350 e. The van der Waals surface area contributed by atoms with Crippen LogP contribution in [0, 0.1) is 5.92 Å². The van der Waals surface area contributed by atoms with Gasteiger partial charge in [0.05, 0.1) is 11.4 Å². The van der Waals surface area contributed by atoms with Gasteiger partial charge >= 0.3 is 6.18 Å². The van der Waals surface area contributed by atoms with E-state index in [4.69, 9.17) is 0 Å². The van der Waals surface area contributed by atoms with Crippen LogP contribution in [0.3, 0.4) is 0 Å². The SMILES string of the molecule is CCn1cc(NC(=O)c2cc3nc(C(C)(C)C)cc(C(F)(F)F)n3n2)c(C(=O)NCC(C)C)n1. The van der Waals surface area contributed by atoms with Crippen molar-refractivity contribution in [2.75, 3.05) is 11.9 Å². The molecule has 184 valence electrons. The molecule has 0 fully saturated rings. The van der Waals surface area contributed by atoms with Crippen molar-refractivity contribution in [2.45, 2.75) is 59.7 Å². The van der Waals surface area contributed by atoms with E-state index in [1.807, 2.05) is 20.8 Å². The molecule has 3 rings (SSSR count). The summed E-state index contributed by atoms with van der Waals surface area (Å²) in [6.45, 7) is 11.8. The summed E-state index contributed by atoms with van der Waals surface area (Å²) < 4.78 is 43.2. The Labute approximate surface area is 194 Å². The molecule has 34 heavy (non-hydrogen) atoms. The lowest BCUT2D eigenvalue weighted by molar-refractivity contribution is -0.142. The van der Waals surface area contributed by atoms with E-state index >= 15 is 0 Å². The maximum Gasteiger partial charge on any atom is 0.433 e. The molecule has 0 atom stereocenters. The van der Waals surface area contributed by atoms with E-state index < -0.39 is 29.1 Å². The van der Waals surface area contributed by atoms with Crippen molar-refractivity contribution in [1.29, 1.82) is 0 Å². The van der Waals surface area contributed by atoms with Crippen LogP contribution in [-0.4, -0.2) is 42.7 Å². The number of aryl methyl sites for hydroxylation is 1. The third kappa shape index (κ3) is 5.37. The summed E-state index contributed by atoms with van der Waals surface area (Å²) in [7, 11) is 0. The number of aromatic nitrogens is 5. The maximum atomic E-state index is 13.7. The largest absolute Gasteiger partial charge is 0.433 e. The summed E-state index contributed by atoms with van der Waals surface area (Å²) >= 11 is 0. The molecule has 0 radical (unpaired) electrons. The third-order valence-electron chi connectivity index (χ3n) is 4.94. The molecule has 2 N–H and O–H groups in total. The molecule has 0 aliphatic heterocycles. The first kappa shape index (κ1) is 25.2. The lowest BCUT2D eigenvalue weighted by Crippen LogP contribution is -2.28. The molecule has 0 saturated heterocycles. The van der Waals surface area contributed by atoms with Gasteiger partial charge in [0.2, 0.25) is 0 Å². The molecule has 12 heteroatoms. The lowest BCUT2D eigenvalue weighted by atomic mass is 9.91. The van der Waals surface area contributed by atoms with Crippen molar-refractivity contribution in [3.05, 3.63) is 41.1 Å². The Morgan fingerprint density at radius 3 is 2.32 bits per heavy atom. The Morgan fingerprint density at radius 2 is 1.76 bits per heavy atom. The van der Waals surface area contributed by atoms with Crippen molar-refractivity contribution in [1.82, 2.24) is 29.7 Å². The Bertz CT molecular complexity index is 1220. The van der Waals surface area contributed by atoms with Crippen LogP contribution in [0.25, 0.3) is 5.65 Å². The number of alkyl halides is 3. The zero-order valence-electron chi connectivity index (χ0n) is 19.9. The zero-order valence-corrected chi connectivity index (χ0v) is 19.9. The van der Waals surface area contributed by atoms with E-state index in [9.17, 15) is 22.8 Å². The molecule has 2 amide bonds. The van der Waals surface area contributed by atoms with Crippen LogP contribution < -0.4 is 10.6 Å². The highest BCUT2D eigenvalue weighted by atomic mass is 19.4. The molecule has 3 aromatic rings. The number of hydrogen-bond donors (Lipinski definition) is 2. The molecule has 0 bridgehead atoms. The summed E-state index contributed by atoms with van der Waals surface area (Å²) in [5.41, 5.74) is -1.72. The van der Waals surface area contributed by atoms with Crippen LogP contribution in [0.4, 0.5) is 18.9 Å². The number of nitrogens with zero attached hydrogens (tertiary/aromatic N) is 5. The quantitative estimate of drug-likeness (QED) is 0.558. The molecule has 9 nitrogen and oxygen atoms in total. The standard InChI is InChI=1S/C22H28F3N7O2/c1-7-31-11-14(18(30-31)20(34)26-10-12(2)3)27-19(33)13-8-17-28-15(21(4,5)6)9-16(22(23,24)25)32(17)29-13/h8-9,11-12H,7,10H2,1-6H3,(H,26,34)(H,27,33). The van der Waals surface area contributed by atoms with Crippen molar-refractivity contribution in [3.8, 4) is 0 Å². The minimum Gasteiger partial charge on any atom is -0.350 e. The zero-order chi connectivity index (χ0) is 25.4. The highest BCUT2D eigenvalue weighted by Gasteiger charge is 2.36. The number of halogens is 3. The molecule has 0 aliphatic carbocycles. The fourth-order valence-electron chi connectivity index (χ4n) is 3.08. The molecular weight excluding hydrogens is 451 g/mol. The minimum atomic E-state index is -4.70. The van der Waals surface area contributed by atoms with Gasteiger partial charge in [-0.25, -0.2) is 9.50 Å². The predicted octanol–water partition coefficient (Wildman–Crippen LogP) is 3.90. The van der Waals surface area contributed by atoms with Crippen LogP contribution in [0.5, 0.6) is 0 Å². The summed E-state index contributed by atoms with van der Waals surface area (Å²) in [5, 5.41) is 13.3. The summed E-state index contributed by atoms with van der Waals surface area (Å²) in [5.74, 6) is -1.05. The number of nitrogens with one attached hydrogen (secondary N) is 2. The number of fused-ring (bicyclic) bond motifs is 1. The predicted molar refractivity (Wildman–Crippen MR) is 120 cm³/mol. The first-order valence-corrected chi connectivity index (χ1v) is 10.9. The molecule has 0 saturated carbocycles. The van der Waals surface area contributed by atoms with Crippen molar-refractivity contribution in [2.24, 2.45) is 5.92 Å². The average molecular weight is 480 g/mol. The van der Waals surface area contributed by atoms with Gasteiger partial charge in [0.25, 0.3) is 11.8 Å². The minimum absolute atomic E-state index is 0.00346. The number of rotatable bonds is 6. The van der Waals surface area contributed by atoms with Crippen LogP contribution >= 0.6 is 0 Å². The van der Waals surface area contributed by atoms with Gasteiger partial charge < -0.3 is 10.6 Å². The van der Waals surface area contributed by atoms with E-state index in [1.165, 1.54) is 16.9 Å². The van der Waals surface area contributed by atoms with Crippen molar-refractivity contribution in [3.63, 3.8) is 0 Å². The number of amides is 2. The number of hydrogen-bond acceptors (Lipinski definition) is 5. The number of carbonyl (C=O) groups is 2. The molecule has 0 spiro atoms. The lowest BCUT2D eigenvalue weighted by Gasteiger charge is -2.19. The second kappa shape index (κ2) is 9.07. The molecular formula is C22H28F3N7O2. The molecule has 0 aliphatic rings. The third-order valence-corrected chi connectivity index (χ3v) is 4.94. The molecule has 0 aromatic carbocycles. The van der Waals surface area contributed by atoms with E-state index in [0.29, 0.717) is 17.6 Å². The second-order valence-corrected chi connectivity index (χ2v) is 9.38. The van der Waals surface area contributed by atoms with Crippen LogP contribution in [-0.2, 0) is 18.1 Å². The normalized spacial score (nSPS) is 12.4. The highest BCUT2D eigenvalue weighted by Crippen LogP contribution is 2.32. The van der Waals surface area contributed by atoms with Gasteiger partial charge in [-0.15, -0.1) is 0 Å². The van der Waals surface area contributed by atoms with Gasteiger partial charge in [-0.1, -0.05) is 34.6 Å².